The molecule has 0 amide bonds. The highest BCUT2D eigenvalue weighted by Gasteiger charge is 2.05. The quantitative estimate of drug-likeness (QED) is 0.669. The lowest BCUT2D eigenvalue weighted by atomic mass is 10.1. The second-order valence-electron chi connectivity index (χ2n) is 4.65. The molecule has 0 heterocycles. The zero-order chi connectivity index (χ0) is 14.1. The Bertz CT molecular complexity index is 365. The minimum absolute atomic E-state index is 0.574. The third kappa shape index (κ3) is 5.09. The van der Waals surface area contributed by atoms with Gasteiger partial charge in [-0.3, -0.25) is 0 Å². The smallest absolute Gasteiger partial charge is 0.160 e. The van der Waals surface area contributed by atoms with Crippen LogP contribution in [0.4, 0.5) is 0 Å². The van der Waals surface area contributed by atoms with Crippen molar-refractivity contribution in [2.75, 3.05) is 33.9 Å². The molecule has 0 aromatic heterocycles. The predicted octanol–water partition coefficient (Wildman–Crippen LogP) is 1.82. The summed E-state index contributed by atoms with van der Waals surface area (Å²) in [4.78, 5) is 0. The maximum atomic E-state index is 5.68. The lowest BCUT2D eigenvalue weighted by molar-refractivity contribution is 0.354. The van der Waals surface area contributed by atoms with Crippen molar-refractivity contribution in [3.8, 4) is 11.5 Å². The van der Waals surface area contributed by atoms with E-state index in [1.54, 1.807) is 14.2 Å². The van der Waals surface area contributed by atoms with Crippen LogP contribution >= 0.6 is 0 Å². The molecule has 3 N–H and O–H groups in total. The van der Waals surface area contributed by atoms with Crippen LogP contribution in [-0.2, 0) is 6.42 Å². The number of rotatable bonds is 9. The summed E-state index contributed by atoms with van der Waals surface area (Å²) < 4.78 is 10.5. The van der Waals surface area contributed by atoms with E-state index in [9.17, 15) is 0 Å². The molecule has 0 radical (unpaired) electrons. The Balaban J connectivity index is 2.41. The number of hydrogen-bond donors (Lipinski definition) is 2. The normalized spacial score (nSPS) is 12.2. The fourth-order valence-electron chi connectivity index (χ4n) is 1.97. The zero-order valence-corrected chi connectivity index (χ0v) is 12.2. The molecular weight excluding hydrogens is 240 g/mol. The summed E-state index contributed by atoms with van der Waals surface area (Å²) in [5.74, 6) is 2.13. The van der Waals surface area contributed by atoms with Crippen LogP contribution in [0.25, 0.3) is 0 Å². The Morgan fingerprint density at radius 2 is 1.95 bits per heavy atom. The van der Waals surface area contributed by atoms with Gasteiger partial charge in [0.15, 0.2) is 11.5 Å². The van der Waals surface area contributed by atoms with E-state index >= 15 is 0 Å². The number of nitrogens with one attached hydrogen (secondary N) is 1. The van der Waals surface area contributed by atoms with Crippen LogP contribution in [0.1, 0.15) is 18.9 Å². The van der Waals surface area contributed by atoms with E-state index in [0.29, 0.717) is 5.92 Å². The summed E-state index contributed by atoms with van der Waals surface area (Å²) in [7, 11) is 3.31. The molecule has 0 spiro atoms. The average molecular weight is 266 g/mol. The highest BCUT2D eigenvalue weighted by molar-refractivity contribution is 5.42. The minimum Gasteiger partial charge on any atom is -0.493 e. The molecule has 19 heavy (non-hydrogen) atoms. The Morgan fingerprint density at radius 1 is 1.21 bits per heavy atom. The first-order chi connectivity index (χ1) is 9.24. The van der Waals surface area contributed by atoms with Crippen molar-refractivity contribution in [1.29, 1.82) is 0 Å². The fraction of sp³-hybridized carbons (Fsp3) is 0.600. The van der Waals surface area contributed by atoms with E-state index in [1.807, 2.05) is 12.1 Å². The lowest BCUT2D eigenvalue weighted by Gasteiger charge is -2.13. The Hall–Kier alpha value is -1.26. The maximum absolute atomic E-state index is 5.68. The largest absolute Gasteiger partial charge is 0.493 e. The summed E-state index contributed by atoms with van der Waals surface area (Å²) in [6.07, 6.45) is 2.10. The van der Waals surface area contributed by atoms with Gasteiger partial charge in [0.25, 0.3) is 0 Å². The molecule has 108 valence electrons. The van der Waals surface area contributed by atoms with Gasteiger partial charge in [-0.1, -0.05) is 19.4 Å². The maximum Gasteiger partial charge on any atom is 0.160 e. The minimum atomic E-state index is 0.574. The fourth-order valence-corrected chi connectivity index (χ4v) is 1.97. The van der Waals surface area contributed by atoms with E-state index in [1.165, 1.54) is 5.56 Å². The van der Waals surface area contributed by atoms with Gasteiger partial charge in [0.2, 0.25) is 0 Å². The summed E-state index contributed by atoms with van der Waals surface area (Å²) in [6, 6.07) is 6.05. The van der Waals surface area contributed by atoms with Gasteiger partial charge in [-0.15, -0.1) is 0 Å². The lowest BCUT2D eigenvalue weighted by Crippen LogP contribution is -2.29. The van der Waals surface area contributed by atoms with Crippen molar-refractivity contribution in [2.24, 2.45) is 11.7 Å². The molecule has 4 heteroatoms. The highest BCUT2D eigenvalue weighted by atomic mass is 16.5. The summed E-state index contributed by atoms with van der Waals surface area (Å²) >= 11 is 0. The predicted molar refractivity (Wildman–Crippen MR) is 79.0 cm³/mol. The number of nitrogens with two attached hydrogens (primary N) is 1. The van der Waals surface area contributed by atoms with E-state index in [0.717, 1.165) is 44.0 Å². The molecule has 0 saturated carbocycles. The van der Waals surface area contributed by atoms with Gasteiger partial charge in [0.1, 0.15) is 0 Å². The molecule has 1 unspecified atom stereocenters. The van der Waals surface area contributed by atoms with E-state index in [2.05, 4.69) is 18.3 Å². The SMILES string of the molecule is CCC(CN)CNCCc1ccc(OC)c(OC)c1. The molecule has 0 fully saturated rings. The van der Waals surface area contributed by atoms with Gasteiger partial charge >= 0.3 is 0 Å². The number of benzene rings is 1. The summed E-state index contributed by atoms with van der Waals surface area (Å²) in [5, 5.41) is 3.45. The van der Waals surface area contributed by atoms with Crippen LogP contribution in [0.3, 0.4) is 0 Å². The van der Waals surface area contributed by atoms with Crippen molar-refractivity contribution in [1.82, 2.24) is 5.32 Å². The Labute approximate surface area is 116 Å². The summed E-state index contributed by atoms with van der Waals surface area (Å²) in [6.45, 7) is 4.86. The van der Waals surface area contributed by atoms with Gasteiger partial charge in [0.05, 0.1) is 14.2 Å². The molecule has 1 aromatic carbocycles. The van der Waals surface area contributed by atoms with Crippen LogP contribution in [0, 0.1) is 5.92 Å². The summed E-state index contributed by atoms with van der Waals surface area (Å²) in [5.41, 5.74) is 6.92. The van der Waals surface area contributed by atoms with Crippen LogP contribution in [0.15, 0.2) is 18.2 Å². The third-order valence-corrected chi connectivity index (χ3v) is 3.38. The van der Waals surface area contributed by atoms with Crippen LogP contribution in [0.5, 0.6) is 11.5 Å². The van der Waals surface area contributed by atoms with Crippen molar-refractivity contribution in [3.63, 3.8) is 0 Å². The molecule has 0 saturated heterocycles. The topological polar surface area (TPSA) is 56.5 Å². The van der Waals surface area contributed by atoms with E-state index in [4.69, 9.17) is 15.2 Å². The monoisotopic (exact) mass is 266 g/mol. The zero-order valence-electron chi connectivity index (χ0n) is 12.2. The first kappa shape index (κ1) is 15.8. The number of hydrogen-bond acceptors (Lipinski definition) is 4. The Kier molecular flexibility index (Phi) is 7.30. The molecule has 0 bridgehead atoms. The molecule has 1 aromatic rings. The molecule has 0 aliphatic rings. The van der Waals surface area contributed by atoms with Crippen molar-refractivity contribution in [3.05, 3.63) is 23.8 Å². The molecule has 1 rings (SSSR count). The van der Waals surface area contributed by atoms with Crippen LogP contribution in [0.2, 0.25) is 0 Å². The van der Waals surface area contributed by atoms with Gasteiger partial charge < -0.3 is 20.5 Å². The first-order valence-electron chi connectivity index (χ1n) is 6.86. The number of methoxy groups -OCH3 is 2. The van der Waals surface area contributed by atoms with Gasteiger partial charge in [-0.05, 0) is 49.7 Å². The van der Waals surface area contributed by atoms with Gasteiger partial charge in [-0.2, -0.15) is 0 Å². The molecule has 0 aliphatic carbocycles. The van der Waals surface area contributed by atoms with Crippen molar-refractivity contribution < 1.29 is 9.47 Å². The van der Waals surface area contributed by atoms with E-state index < -0.39 is 0 Å². The average Bonchev–Trinajstić information content (AvgIpc) is 2.47. The standard InChI is InChI=1S/C15H26N2O2/c1-4-12(10-16)11-17-8-7-13-5-6-14(18-2)15(9-13)19-3/h5-6,9,12,17H,4,7-8,10-11,16H2,1-3H3. The second kappa shape index (κ2) is 8.77. The number of ether oxygens (including phenoxy) is 2. The van der Waals surface area contributed by atoms with Crippen molar-refractivity contribution >= 4 is 0 Å². The molecule has 0 aliphatic heterocycles. The van der Waals surface area contributed by atoms with Crippen LogP contribution < -0.4 is 20.5 Å². The van der Waals surface area contributed by atoms with E-state index in [-0.39, 0.29) is 0 Å². The Morgan fingerprint density at radius 3 is 2.53 bits per heavy atom. The second-order valence-corrected chi connectivity index (χ2v) is 4.65. The van der Waals surface area contributed by atoms with Crippen molar-refractivity contribution in [2.45, 2.75) is 19.8 Å². The third-order valence-electron chi connectivity index (χ3n) is 3.38. The van der Waals surface area contributed by atoms with Gasteiger partial charge in [-0.25, -0.2) is 0 Å². The molecular formula is C15H26N2O2. The molecule has 4 nitrogen and oxygen atoms in total. The highest BCUT2D eigenvalue weighted by Crippen LogP contribution is 2.27. The first-order valence-corrected chi connectivity index (χ1v) is 6.86. The molecule has 1 atom stereocenters. The van der Waals surface area contributed by atoms with Gasteiger partial charge in [0, 0.05) is 0 Å². The van der Waals surface area contributed by atoms with Crippen LogP contribution in [-0.4, -0.2) is 33.9 Å².